The van der Waals surface area contributed by atoms with E-state index in [1.54, 1.807) is 18.2 Å². The second-order valence-corrected chi connectivity index (χ2v) is 5.28. The van der Waals surface area contributed by atoms with Gasteiger partial charge < -0.3 is 0 Å². The van der Waals surface area contributed by atoms with Crippen molar-refractivity contribution in [1.82, 2.24) is 19.1 Å². The van der Waals surface area contributed by atoms with Gasteiger partial charge >= 0.3 is 6.55 Å². The predicted molar refractivity (Wildman–Crippen MR) is 76.3 cm³/mol. The zero-order valence-corrected chi connectivity index (χ0v) is 12.2. The molecule has 3 rings (SSSR count). The van der Waals surface area contributed by atoms with Crippen molar-refractivity contribution in [3.63, 3.8) is 0 Å². The van der Waals surface area contributed by atoms with Gasteiger partial charge in [0.25, 0.3) is 5.56 Å². The fraction of sp³-hybridized carbons (Fsp3) is 0.154. The van der Waals surface area contributed by atoms with Crippen molar-refractivity contribution >= 4 is 26.8 Å². The highest BCUT2D eigenvalue weighted by molar-refractivity contribution is 9.10. The van der Waals surface area contributed by atoms with Gasteiger partial charge in [0.2, 0.25) is 0 Å². The lowest BCUT2D eigenvalue weighted by Gasteiger charge is -2.09. The summed E-state index contributed by atoms with van der Waals surface area (Å²) in [5.41, 5.74) is 0.249. The Hall–Kier alpha value is -2.09. The summed E-state index contributed by atoms with van der Waals surface area (Å²) in [6, 6.07) is 5.10. The van der Waals surface area contributed by atoms with Crippen LogP contribution in [0.2, 0.25) is 0 Å². The van der Waals surface area contributed by atoms with Gasteiger partial charge in [-0.2, -0.15) is 8.78 Å². The molecule has 0 saturated heterocycles. The number of imidazole rings is 1. The Kier molecular flexibility index (Phi) is 3.54. The van der Waals surface area contributed by atoms with E-state index in [0.29, 0.717) is 10.9 Å². The van der Waals surface area contributed by atoms with Gasteiger partial charge in [0.1, 0.15) is 5.82 Å². The van der Waals surface area contributed by atoms with E-state index in [9.17, 15) is 13.6 Å². The van der Waals surface area contributed by atoms with E-state index >= 15 is 0 Å². The molecule has 0 aliphatic heterocycles. The van der Waals surface area contributed by atoms with Crippen molar-refractivity contribution in [2.75, 3.05) is 0 Å². The standard InChI is InChI=1S/C13H9BrF2N4O/c14-8-1-2-9-10(5-8)18-7-19(12(9)21)6-11-17-3-4-20(11)13(15)16/h1-5,7,13H,6H2. The minimum atomic E-state index is -2.69. The van der Waals surface area contributed by atoms with Crippen molar-refractivity contribution in [3.05, 3.63) is 57.6 Å². The number of halogens is 3. The number of alkyl halides is 2. The lowest BCUT2D eigenvalue weighted by atomic mass is 10.2. The van der Waals surface area contributed by atoms with E-state index < -0.39 is 6.55 Å². The molecule has 21 heavy (non-hydrogen) atoms. The molecule has 0 amide bonds. The van der Waals surface area contributed by atoms with Crippen LogP contribution < -0.4 is 5.56 Å². The van der Waals surface area contributed by atoms with Crippen LogP contribution in [0.25, 0.3) is 10.9 Å². The van der Waals surface area contributed by atoms with Crippen LogP contribution >= 0.6 is 15.9 Å². The second kappa shape index (κ2) is 5.36. The summed E-state index contributed by atoms with van der Waals surface area (Å²) in [6.45, 7) is -2.75. The number of hydrogen-bond donors (Lipinski definition) is 0. The molecule has 0 aliphatic rings. The summed E-state index contributed by atoms with van der Waals surface area (Å²) >= 11 is 3.30. The summed E-state index contributed by atoms with van der Waals surface area (Å²) in [7, 11) is 0. The van der Waals surface area contributed by atoms with Gasteiger partial charge in [0.15, 0.2) is 0 Å². The Morgan fingerprint density at radius 2 is 2.10 bits per heavy atom. The smallest absolute Gasteiger partial charge is 0.291 e. The number of benzene rings is 1. The zero-order chi connectivity index (χ0) is 15.0. The average molecular weight is 355 g/mol. The first kappa shape index (κ1) is 13.9. The van der Waals surface area contributed by atoms with Crippen molar-refractivity contribution in [2.45, 2.75) is 13.1 Å². The summed E-state index contributed by atoms with van der Waals surface area (Å²) in [5, 5.41) is 0.427. The van der Waals surface area contributed by atoms with Crippen LogP contribution in [0.5, 0.6) is 0 Å². The van der Waals surface area contributed by atoms with Crippen molar-refractivity contribution in [3.8, 4) is 0 Å². The third-order valence-electron chi connectivity index (χ3n) is 3.06. The maximum atomic E-state index is 12.8. The Labute approximate surface area is 126 Å². The molecular weight excluding hydrogens is 346 g/mol. The van der Waals surface area contributed by atoms with E-state index in [2.05, 4.69) is 25.9 Å². The monoisotopic (exact) mass is 354 g/mol. The number of aromatic nitrogens is 4. The largest absolute Gasteiger partial charge is 0.319 e. The summed E-state index contributed by atoms with van der Waals surface area (Å²) in [6.07, 6.45) is 3.79. The number of hydrogen-bond acceptors (Lipinski definition) is 3. The molecular formula is C13H9BrF2N4O. The molecule has 0 aliphatic carbocycles. The fourth-order valence-corrected chi connectivity index (χ4v) is 2.39. The summed E-state index contributed by atoms with van der Waals surface area (Å²) in [4.78, 5) is 20.4. The lowest BCUT2D eigenvalue weighted by Crippen LogP contribution is -2.23. The highest BCUT2D eigenvalue weighted by Crippen LogP contribution is 2.16. The van der Waals surface area contributed by atoms with Crippen LogP contribution in [-0.4, -0.2) is 19.1 Å². The van der Waals surface area contributed by atoms with Crippen LogP contribution in [0.4, 0.5) is 8.78 Å². The SMILES string of the molecule is O=c1c2ccc(Br)cc2ncn1Cc1nccn1C(F)F. The maximum absolute atomic E-state index is 12.8. The first-order chi connectivity index (χ1) is 10.1. The maximum Gasteiger partial charge on any atom is 0.319 e. The van der Waals surface area contributed by atoms with Gasteiger partial charge in [-0.05, 0) is 18.2 Å². The van der Waals surface area contributed by atoms with E-state index in [0.717, 1.165) is 9.04 Å². The molecule has 8 heteroatoms. The van der Waals surface area contributed by atoms with Gasteiger partial charge in [-0.25, -0.2) is 9.97 Å². The van der Waals surface area contributed by atoms with Crippen LogP contribution in [0.15, 0.2) is 46.2 Å². The Morgan fingerprint density at radius 1 is 1.29 bits per heavy atom. The molecule has 0 saturated carbocycles. The zero-order valence-electron chi connectivity index (χ0n) is 10.6. The van der Waals surface area contributed by atoms with Gasteiger partial charge in [-0.1, -0.05) is 15.9 Å². The molecule has 3 aromatic rings. The van der Waals surface area contributed by atoms with Gasteiger partial charge in [0, 0.05) is 16.9 Å². The molecule has 0 radical (unpaired) electrons. The van der Waals surface area contributed by atoms with Crippen LogP contribution in [0.1, 0.15) is 12.4 Å². The third kappa shape index (κ3) is 2.58. The number of nitrogens with zero attached hydrogens (tertiary/aromatic N) is 4. The van der Waals surface area contributed by atoms with E-state index in [-0.39, 0.29) is 17.9 Å². The number of fused-ring (bicyclic) bond motifs is 1. The van der Waals surface area contributed by atoms with Gasteiger partial charge in [-0.15, -0.1) is 0 Å². The lowest BCUT2D eigenvalue weighted by molar-refractivity contribution is 0.0666. The van der Waals surface area contributed by atoms with E-state index in [4.69, 9.17) is 0 Å². The van der Waals surface area contributed by atoms with Gasteiger partial charge in [-0.3, -0.25) is 13.9 Å². The predicted octanol–water partition coefficient (Wildman–Crippen LogP) is 2.80. The van der Waals surface area contributed by atoms with Crippen LogP contribution in [0, 0.1) is 0 Å². The Bertz CT molecular complexity index is 859. The molecule has 0 atom stereocenters. The highest BCUT2D eigenvalue weighted by Gasteiger charge is 2.13. The second-order valence-electron chi connectivity index (χ2n) is 4.37. The molecule has 2 heterocycles. The summed E-state index contributed by atoms with van der Waals surface area (Å²) < 4.78 is 28.3. The molecule has 0 unspecified atom stereocenters. The fourth-order valence-electron chi connectivity index (χ4n) is 2.04. The molecule has 5 nitrogen and oxygen atoms in total. The average Bonchev–Trinajstić information content (AvgIpc) is 2.90. The topological polar surface area (TPSA) is 52.7 Å². The summed E-state index contributed by atoms with van der Waals surface area (Å²) in [5.74, 6) is 0.102. The molecule has 2 aromatic heterocycles. The van der Waals surface area contributed by atoms with Crippen LogP contribution in [0.3, 0.4) is 0 Å². The molecule has 1 aromatic carbocycles. The van der Waals surface area contributed by atoms with Crippen molar-refractivity contribution < 1.29 is 8.78 Å². The first-order valence-corrected chi connectivity index (χ1v) is 6.80. The van der Waals surface area contributed by atoms with Gasteiger partial charge in [0.05, 0.1) is 23.8 Å². The van der Waals surface area contributed by atoms with Crippen molar-refractivity contribution in [1.29, 1.82) is 0 Å². The first-order valence-electron chi connectivity index (χ1n) is 6.01. The Morgan fingerprint density at radius 3 is 2.86 bits per heavy atom. The molecule has 0 spiro atoms. The normalized spacial score (nSPS) is 11.4. The molecule has 108 valence electrons. The molecule has 0 N–H and O–H groups in total. The highest BCUT2D eigenvalue weighted by atomic mass is 79.9. The molecule has 0 fully saturated rings. The quantitative estimate of drug-likeness (QED) is 0.726. The minimum absolute atomic E-state index is 0.0603. The molecule has 0 bridgehead atoms. The minimum Gasteiger partial charge on any atom is -0.291 e. The third-order valence-corrected chi connectivity index (χ3v) is 3.55. The Balaban J connectivity index is 2.05. The number of rotatable bonds is 3. The van der Waals surface area contributed by atoms with Crippen LogP contribution in [-0.2, 0) is 6.54 Å². The van der Waals surface area contributed by atoms with Crippen molar-refractivity contribution in [2.24, 2.45) is 0 Å². The van der Waals surface area contributed by atoms with E-state index in [1.165, 1.54) is 23.3 Å². The van der Waals surface area contributed by atoms with E-state index in [1.807, 2.05) is 0 Å².